The number of hydrogen-bond donors (Lipinski definition) is 0. The van der Waals surface area contributed by atoms with Crippen LogP contribution in [0.1, 0.15) is 99.3 Å². The van der Waals surface area contributed by atoms with Crippen LogP contribution in [0.15, 0.2) is 0 Å². The van der Waals surface area contributed by atoms with Crippen LogP contribution < -0.4 is 0 Å². The molecule has 0 saturated heterocycles. The first-order valence-corrected chi connectivity index (χ1v) is 10.3. The third kappa shape index (κ3) is 2.22. The Labute approximate surface area is 139 Å². The molecule has 0 aromatic carbocycles. The molecule has 0 aromatic heterocycles. The Balaban J connectivity index is 1.84. The Morgan fingerprint density at radius 1 is 0.864 bits per heavy atom. The van der Waals surface area contributed by atoms with Gasteiger partial charge >= 0.3 is 0 Å². The lowest BCUT2D eigenvalue weighted by Crippen LogP contribution is -2.54. The molecule has 0 spiro atoms. The summed E-state index contributed by atoms with van der Waals surface area (Å²) in [6.45, 7) is 15.4. The maximum absolute atomic E-state index is 2.64. The molecule has 3 rings (SSSR count). The molecule has 0 bridgehead atoms. The first kappa shape index (κ1) is 16.8. The Bertz CT molecular complexity index is 408. The molecule has 3 aliphatic carbocycles. The zero-order valence-electron chi connectivity index (χ0n) is 16.2. The predicted octanol–water partition coefficient (Wildman–Crippen LogP) is 7.08. The van der Waals surface area contributed by atoms with Gasteiger partial charge in [-0.1, -0.05) is 54.4 Å². The third-order valence-corrected chi connectivity index (χ3v) is 9.51. The summed E-state index contributed by atoms with van der Waals surface area (Å²) in [5.74, 6) is 4.03. The maximum atomic E-state index is 2.64. The fourth-order valence-electron chi connectivity index (χ4n) is 7.12. The Hall–Kier alpha value is 0. The van der Waals surface area contributed by atoms with Crippen molar-refractivity contribution < 1.29 is 0 Å². The molecule has 0 N–H and O–H groups in total. The summed E-state index contributed by atoms with van der Waals surface area (Å²) < 4.78 is 0. The number of rotatable bonds is 3. The van der Waals surface area contributed by atoms with Crippen molar-refractivity contribution in [2.24, 2.45) is 39.9 Å². The zero-order valence-corrected chi connectivity index (χ0v) is 16.2. The van der Waals surface area contributed by atoms with E-state index >= 15 is 0 Å². The minimum atomic E-state index is 0.540. The van der Waals surface area contributed by atoms with Crippen LogP contribution >= 0.6 is 0 Å². The van der Waals surface area contributed by atoms with Crippen LogP contribution in [0.5, 0.6) is 0 Å². The SMILES string of the molecule is CCCCC1(C)CCC2C3CCC(C)C3(C)CCC2C1(C)C. The van der Waals surface area contributed by atoms with Gasteiger partial charge in [0.2, 0.25) is 0 Å². The summed E-state index contributed by atoms with van der Waals surface area (Å²) in [4.78, 5) is 0. The number of unbranched alkanes of at least 4 members (excludes halogenated alkanes) is 1. The second-order valence-corrected chi connectivity index (χ2v) is 10.3. The monoisotopic (exact) mass is 304 g/mol. The quantitative estimate of drug-likeness (QED) is 0.522. The fourth-order valence-corrected chi connectivity index (χ4v) is 7.12. The lowest BCUT2D eigenvalue weighted by molar-refractivity contribution is -0.127. The molecule has 0 aliphatic heterocycles. The Morgan fingerprint density at radius 2 is 1.59 bits per heavy atom. The highest BCUT2D eigenvalue weighted by Crippen LogP contribution is 2.68. The van der Waals surface area contributed by atoms with Crippen LogP contribution in [-0.4, -0.2) is 0 Å². The van der Waals surface area contributed by atoms with E-state index < -0.39 is 0 Å². The lowest BCUT2D eigenvalue weighted by atomic mass is 9.43. The third-order valence-electron chi connectivity index (χ3n) is 9.51. The minimum Gasteiger partial charge on any atom is -0.0654 e. The van der Waals surface area contributed by atoms with E-state index in [9.17, 15) is 0 Å². The molecule has 6 atom stereocenters. The van der Waals surface area contributed by atoms with Gasteiger partial charge in [-0.3, -0.25) is 0 Å². The van der Waals surface area contributed by atoms with E-state index in [-0.39, 0.29) is 0 Å². The topological polar surface area (TPSA) is 0 Å². The highest BCUT2D eigenvalue weighted by atomic mass is 14.6. The minimum absolute atomic E-state index is 0.540. The van der Waals surface area contributed by atoms with Crippen LogP contribution in [0, 0.1) is 39.9 Å². The molecule has 0 amide bonds. The van der Waals surface area contributed by atoms with E-state index in [1.807, 2.05) is 0 Å². The lowest BCUT2D eigenvalue weighted by Gasteiger charge is -2.62. The van der Waals surface area contributed by atoms with Gasteiger partial charge in [0.25, 0.3) is 0 Å². The Kier molecular flexibility index (Phi) is 4.23. The van der Waals surface area contributed by atoms with Gasteiger partial charge in [0.05, 0.1) is 0 Å². The van der Waals surface area contributed by atoms with Crippen molar-refractivity contribution in [1.82, 2.24) is 0 Å². The first-order chi connectivity index (χ1) is 10.3. The Morgan fingerprint density at radius 3 is 2.27 bits per heavy atom. The summed E-state index contributed by atoms with van der Waals surface area (Å²) in [5, 5.41) is 0. The largest absolute Gasteiger partial charge is 0.0654 e. The molecule has 0 heteroatoms. The van der Waals surface area contributed by atoms with Crippen LogP contribution in [0.3, 0.4) is 0 Å². The second-order valence-electron chi connectivity index (χ2n) is 10.3. The molecule has 3 fully saturated rings. The zero-order chi connectivity index (χ0) is 16.2. The molecule has 0 aromatic rings. The van der Waals surface area contributed by atoms with Crippen molar-refractivity contribution in [2.45, 2.75) is 99.3 Å². The van der Waals surface area contributed by atoms with Gasteiger partial charge < -0.3 is 0 Å². The standard InChI is InChI=1S/C22H40/c1-7-8-13-21(5)14-11-17-18(20(21,3)4)12-15-22(6)16(2)9-10-19(17)22/h16-19H,7-15H2,1-6H3. The predicted molar refractivity (Wildman–Crippen MR) is 96.9 cm³/mol. The number of hydrogen-bond acceptors (Lipinski definition) is 0. The molecule has 0 heterocycles. The van der Waals surface area contributed by atoms with Gasteiger partial charge in [-0.05, 0) is 84.9 Å². The molecule has 128 valence electrons. The smallest absolute Gasteiger partial charge is 0.0269 e. The molecule has 3 saturated carbocycles. The maximum Gasteiger partial charge on any atom is -0.0269 e. The summed E-state index contributed by atoms with van der Waals surface area (Å²) in [6.07, 6.45) is 13.3. The summed E-state index contributed by atoms with van der Waals surface area (Å²) in [7, 11) is 0. The van der Waals surface area contributed by atoms with Crippen LogP contribution in [0.4, 0.5) is 0 Å². The average Bonchev–Trinajstić information content (AvgIpc) is 2.77. The molecular formula is C22H40. The summed E-state index contributed by atoms with van der Waals surface area (Å²) in [6, 6.07) is 0. The van der Waals surface area contributed by atoms with Crippen LogP contribution in [0.2, 0.25) is 0 Å². The molecule has 22 heavy (non-hydrogen) atoms. The van der Waals surface area contributed by atoms with Gasteiger partial charge in [0.15, 0.2) is 0 Å². The average molecular weight is 305 g/mol. The first-order valence-electron chi connectivity index (χ1n) is 10.3. The molecular weight excluding hydrogens is 264 g/mol. The molecule has 3 aliphatic rings. The molecule has 6 unspecified atom stereocenters. The van der Waals surface area contributed by atoms with E-state index in [0.29, 0.717) is 16.2 Å². The van der Waals surface area contributed by atoms with Crippen LogP contribution in [-0.2, 0) is 0 Å². The van der Waals surface area contributed by atoms with E-state index in [1.165, 1.54) is 57.8 Å². The van der Waals surface area contributed by atoms with E-state index in [2.05, 4.69) is 41.5 Å². The van der Waals surface area contributed by atoms with Crippen molar-refractivity contribution in [1.29, 1.82) is 0 Å². The molecule has 0 radical (unpaired) electrons. The van der Waals surface area contributed by atoms with Gasteiger partial charge in [-0.25, -0.2) is 0 Å². The van der Waals surface area contributed by atoms with E-state index in [1.54, 1.807) is 0 Å². The van der Waals surface area contributed by atoms with E-state index in [0.717, 1.165) is 23.7 Å². The van der Waals surface area contributed by atoms with E-state index in [4.69, 9.17) is 0 Å². The van der Waals surface area contributed by atoms with Crippen molar-refractivity contribution in [3.63, 3.8) is 0 Å². The van der Waals surface area contributed by atoms with Crippen molar-refractivity contribution in [2.75, 3.05) is 0 Å². The van der Waals surface area contributed by atoms with Crippen molar-refractivity contribution in [3.05, 3.63) is 0 Å². The highest BCUT2D eigenvalue weighted by molar-refractivity contribution is 5.09. The highest BCUT2D eigenvalue weighted by Gasteiger charge is 2.59. The summed E-state index contributed by atoms with van der Waals surface area (Å²) in [5.41, 5.74) is 1.80. The van der Waals surface area contributed by atoms with Gasteiger partial charge in [0.1, 0.15) is 0 Å². The van der Waals surface area contributed by atoms with Gasteiger partial charge in [-0.2, -0.15) is 0 Å². The van der Waals surface area contributed by atoms with Gasteiger partial charge in [0, 0.05) is 0 Å². The number of fused-ring (bicyclic) bond motifs is 3. The van der Waals surface area contributed by atoms with Gasteiger partial charge in [-0.15, -0.1) is 0 Å². The van der Waals surface area contributed by atoms with Crippen molar-refractivity contribution in [3.8, 4) is 0 Å². The van der Waals surface area contributed by atoms with Crippen LogP contribution in [0.25, 0.3) is 0 Å². The second kappa shape index (κ2) is 5.52. The van der Waals surface area contributed by atoms with Crippen molar-refractivity contribution >= 4 is 0 Å². The normalized spacial score (nSPS) is 50.5. The summed E-state index contributed by atoms with van der Waals surface area (Å²) >= 11 is 0. The molecule has 0 nitrogen and oxygen atoms in total. The fraction of sp³-hybridized carbons (Fsp3) is 1.00.